The summed E-state index contributed by atoms with van der Waals surface area (Å²) in [6.07, 6.45) is -0.297. The number of para-hydroxylation sites is 1. The number of benzene rings is 1. The van der Waals surface area contributed by atoms with Crippen molar-refractivity contribution in [1.29, 1.82) is 0 Å². The molecule has 8 heteroatoms. The van der Waals surface area contributed by atoms with Gasteiger partial charge in [0.2, 0.25) is 5.91 Å². The highest BCUT2D eigenvalue weighted by Crippen LogP contribution is 2.18. The molecule has 2 fully saturated rings. The Hall–Kier alpha value is -2.45. The van der Waals surface area contributed by atoms with E-state index in [9.17, 15) is 9.59 Å². The molecular weight excluding hydrogens is 388 g/mol. The van der Waals surface area contributed by atoms with Crippen LogP contribution in [0.2, 0.25) is 0 Å². The largest absolute Gasteiger partial charge is 0.368 e. The van der Waals surface area contributed by atoms with Gasteiger partial charge in [-0.15, -0.1) is 11.3 Å². The Morgan fingerprint density at radius 1 is 1.10 bits per heavy atom. The first kappa shape index (κ1) is 19.8. The number of carbonyl (C=O) groups is 2. The van der Waals surface area contributed by atoms with Gasteiger partial charge >= 0.3 is 0 Å². The van der Waals surface area contributed by atoms with E-state index in [4.69, 9.17) is 4.74 Å². The molecule has 1 atom stereocenters. The molecule has 1 aromatic heterocycles. The molecule has 0 bridgehead atoms. The van der Waals surface area contributed by atoms with Gasteiger partial charge in [0.15, 0.2) is 6.10 Å². The minimum atomic E-state index is -0.576. The predicted octanol–water partition coefficient (Wildman–Crippen LogP) is 1.57. The molecule has 0 radical (unpaired) electrons. The van der Waals surface area contributed by atoms with Gasteiger partial charge in [0.25, 0.3) is 5.91 Å². The van der Waals surface area contributed by atoms with E-state index in [1.807, 2.05) is 35.4 Å². The zero-order valence-electron chi connectivity index (χ0n) is 16.6. The van der Waals surface area contributed by atoms with Crippen molar-refractivity contribution >= 4 is 28.8 Å². The average molecular weight is 415 g/mol. The molecule has 29 heavy (non-hydrogen) atoms. The molecule has 1 aromatic carbocycles. The predicted molar refractivity (Wildman–Crippen MR) is 112 cm³/mol. The van der Waals surface area contributed by atoms with Crippen molar-refractivity contribution in [2.45, 2.75) is 19.4 Å². The van der Waals surface area contributed by atoms with Crippen molar-refractivity contribution in [3.05, 3.63) is 46.4 Å². The van der Waals surface area contributed by atoms with Crippen LogP contribution < -0.4 is 4.90 Å². The molecule has 0 spiro atoms. The summed E-state index contributed by atoms with van der Waals surface area (Å²) in [7, 11) is 0. The number of nitrogens with zero attached hydrogens (tertiary/aromatic N) is 4. The highest BCUT2D eigenvalue weighted by atomic mass is 32.1. The molecule has 0 unspecified atom stereocenters. The zero-order valence-corrected chi connectivity index (χ0v) is 17.4. The van der Waals surface area contributed by atoms with Crippen molar-refractivity contribution in [3.8, 4) is 0 Å². The SMILES string of the molecule is Cc1nc(CC(=O)N2CCO[C@H](C(=O)N3CCN(c4ccccc4)CC3)C2)cs1. The Labute approximate surface area is 174 Å². The van der Waals surface area contributed by atoms with Crippen LogP contribution in [0.4, 0.5) is 5.69 Å². The molecule has 2 aromatic rings. The Morgan fingerprint density at radius 3 is 2.55 bits per heavy atom. The second kappa shape index (κ2) is 8.92. The third-order valence-corrected chi connectivity index (χ3v) is 6.23. The van der Waals surface area contributed by atoms with Gasteiger partial charge in [-0.2, -0.15) is 0 Å². The maximum Gasteiger partial charge on any atom is 0.253 e. The van der Waals surface area contributed by atoms with Crippen molar-refractivity contribution in [2.24, 2.45) is 0 Å². The number of carbonyl (C=O) groups excluding carboxylic acids is 2. The van der Waals surface area contributed by atoms with Crippen LogP contribution in [0.5, 0.6) is 0 Å². The molecule has 7 nitrogen and oxygen atoms in total. The lowest BCUT2D eigenvalue weighted by molar-refractivity contribution is -0.154. The summed E-state index contributed by atoms with van der Waals surface area (Å²) in [5, 5.41) is 2.88. The first-order chi connectivity index (χ1) is 14.1. The van der Waals surface area contributed by atoms with Crippen LogP contribution in [-0.4, -0.2) is 78.6 Å². The van der Waals surface area contributed by atoms with Crippen LogP contribution in [0.15, 0.2) is 35.7 Å². The summed E-state index contributed by atoms with van der Waals surface area (Å²) in [6.45, 7) is 6.09. The summed E-state index contributed by atoms with van der Waals surface area (Å²) in [6, 6.07) is 10.2. The molecule has 2 aliphatic rings. The van der Waals surface area contributed by atoms with Gasteiger partial charge in [-0.3, -0.25) is 9.59 Å². The fourth-order valence-electron chi connectivity index (χ4n) is 3.81. The van der Waals surface area contributed by atoms with Crippen LogP contribution >= 0.6 is 11.3 Å². The van der Waals surface area contributed by atoms with E-state index in [2.05, 4.69) is 22.0 Å². The Balaban J connectivity index is 1.30. The van der Waals surface area contributed by atoms with Gasteiger partial charge in [-0.1, -0.05) is 18.2 Å². The number of hydrogen-bond donors (Lipinski definition) is 0. The lowest BCUT2D eigenvalue weighted by Crippen LogP contribution is -2.56. The number of ether oxygens (including phenoxy) is 1. The average Bonchev–Trinajstić information content (AvgIpc) is 3.18. The van der Waals surface area contributed by atoms with Crippen molar-refractivity contribution in [1.82, 2.24) is 14.8 Å². The molecule has 3 heterocycles. The smallest absolute Gasteiger partial charge is 0.253 e. The van der Waals surface area contributed by atoms with Gasteiger partial charge in [0.1, 0.15) is 0 Å². The highest BCUT2D eigenvalue weighted by molar-refractivity contribution is 7.09. The number of thiazole rings is 1. The van der Waals surface area contributed by atoms with E-state index >= 15 is 0 Å². The van der Waals surface area contributed by atoms with Crippen LogP contribution in [0.1, 0.15) is 10.7 Å². The Bertz CT molecular complexity index is 849. The quantitative estimate of drug-likeness (QED) is 0.760. The minimum absolute atomic E-state index is 0.00490. The number of rotatable bonds is 4. The number of aromatic nitrogens is 1. The van der Waals surface area contributed by atoms with Crippen molar-refractivity contribution in [3.63, 3.8) is 0 Å². The Kier molecular flexibility index (Phi) is 6.10. The highest BCUT2D eigenvalue weighted by Gasteiger charge is 2.33. The normalized spacial score (nSPS) is 20.0. The zero-order chi connectivity index (χ0) is 20.2. The standard InChI is InChI=1S/C21H26N4O3S/c1-16-22-17(15-29-16)13-20(26)25-11-12-28-19(14-25)21(27)24-9-7-23(8-10-24)18-5-3-2-4-6-18/h2-6,15,19H,7-14H2,1H3/t19-/m0/s1. The Morgan fingerprint density at radius 2 is 1.86 bits per heavy atom. The number of piperazine rings is 1. The van der Waals surface area contributed by atoms with Gasteiger partial charge < -0.3 is 19.4 Å². The summed E-state index contributed by atoms with van der Waals surface area (Å²) < 4.78 is 5.73. The molecule has 2 amide bonds. The number of aryl methyl sites for hydroxylation is 1. The lowest BCUT2D eigenvalue weighted by atomic mass is 10.2. The van der Waals surface area contributed by atoms with Crippen LogP contribution in [0.3, 0.4) is 0 Å². The molecule has 2 aliphatic heterocycles. The molecule has 0 saturated carbocycles. The van der Waals surface area contributed by atoms with E-state index in [0.29, 0.717) is 32.8 Å². The van der Waals surface area contributed by atoms with Gasteiger partial charge in [-0.05, 0) is 19.1 Å². The third kappa shape index (κ3) is 4.76. The van der Waals surface area contributed by atoms with Crippen molar-refractivity contribution < 1.29 is 14.3 Å². The summed E-state index contributed by atoms with van der Waals surface area (Å²) >= 11 is 1.54. The van der Waals surface area contributed by atoms with Crippen LogP contribution in [0.25, 0.3) is 0 Å². The maximum absolute atomic E-state index is 13.0. The molecule has 0 aliphatic carbocycles. The number of hydrogen-bond acceptors (Lipinski definition) is 6. The van der Waals surface area contributed by atoms with E-state index in [-0.39, 0.29) is 18.2 Å². The molecule has 4 rings (SSSR count). The molecule has 2 saturated heterocycles. The summed E-state index contributed by atoms with van der Waals surface area (Å²) in [4.78, 5) is 35.8. The third-order valence-electron chi connectivity index (χ3n) is 5.41. The monoisotopic (exact) mass is 414 g/mol. The van der Waals surface area contributed by atoms with E-state index < -0.39 is 6.10 Å². The lowest BCUT2D eigenvalue weighted by Gasteiger charge is -2.39. The molecular formula is C21H26N4O3S. The fraction of sp³-hybridized carbons (Fsp3) is 0.476. The fourth-order valence-corrected chi connectivity index (χ4v) is 4.42. The number of morpholine rings is 1. The first-order valence-corrected chi connectivity index (χ1v) is 10.9. The first-order valence-electron chi connectivity index (χ1n) is 9.99. The maximum atomic E-state index is 13.0. The topological polar surface area (TPSA) is 66.0 Å². The van der Waals surface area contributed by atoms with Crippen LogP contribution in [0, 0.1) is 6.92 Å². The number of amides is 2. The molecule has 154 valence electrons. The van der Waals surface area contributed by atoms with Gasteiger partial charge in [0.05, 0.1) is 30.3 Å². The molecule has 0 N–H and O–H groups in total. The summed E-state index contributed by atoms with van der Waals surface area (Å²) in [5.41, 5.74) is 1.98. The second-order valence-electron chi connectivity index (χ2n) is 7.38. The van der Waals surface area contributed by atoms with Crippen molar-refractivity contribution in [2.75, 3.05) is 50.8 Å². The van der Waals surface area contributed by atoms with Gasteiger partial charge in [0, 0.05) is 43.8 Å². The minimum Gasteiger partial charge on any atom is -0.368 e. The van der Waals surface area contributed by atoms with E-state index in [1.165, 1.54) is 5.69 Å². The van der Waals surface area contributed by atoms with Crippen LogP contribution in [-0.2, 0) is 20.7 Å². The van der Waals surface area contributed by atoms with E-state index in [0.717, 1.165) is 23.8 Å². The summed E-state index contributed by atoms with van der Waals surface area (Å²) in [5.74, 6) is -0.00925. The number of anilines is 1. The van der Waals surface area contributed by atoms with E-state index in [1.54, 1.807) is 16.2 Å². The second-order valence-corrected chi connectivity index (χ2v) is 8.44. The van der Waals surface area contributed by atoms with Gasteiger partial charge in [-0.25, -0.2) is 4.98 Å².